The Morgan fingerprint density at radius 3 is 1.40 bits per heavy atom. The van der Waals surface area contributed by atoms with Gasteiger partial charge in [-0.3, -0.25) is 0 Å². The molecule has 0 aromatic carbocycles. The highest BCUT2D eigenvalue weighted by Gasteiger charge is 1.72. The Morgan fingerprint density at radius 1 is 1.00 bits per heavy atom. The molecule has 0 saturated carbocycles. The first-order chi connectivity index (χ1) is 3.91. The van der Waals surface area contributed by atoms with Crippen LogP contribution in [0.4, 0.5) is 0 Å². The van der Waals surface area contributed by atoms with Crippen LogP contribution in [0.25, 0.3) is 0 Å². The maximum absolute atomic E-state index is 2.26. The average molecular weight is 199 g/mol. The number of rotatable bonds is 0. The van der Waals surface area contributed by atoms with Crippen molar-refractivity contribution in [1.82, 2.24) is 0 Å². The summed E-state index contributed by atoms with van der Waals surface area (Å²) < 4.78 is 0. The van der Waals surface area contributed by atoms with Gasteiger partial charge in [0.1, 0.15) is 0 Å². The Bertz CT molecular complexity index is 79.6. The van der Waals surface area contributed by atoms with Gasteiger partial charge >= 0.3 is 0 Å². The van der Waals surface area contributed by atoms with E-state index >= 15 is 0 Å². The van der Waals surface area contributed by atoms with Crippen LogP contribution in [-0.2, 0) is 0 Å². The Morgan fingerprint density at radius 2 is 1.30 bits per heavy atom. The lowest BCUT2D eigenvalue weighted by molar-refractivity contribution is 1.45. The molecule has 0 saturated heterocycles. The minimum absolute atomic E-state index is 0. The normalized spacial score (nSPS) is 10.6. The van der Waals surface area contributed by atoms with E-state index in [-0.39, 0.29) is 24.8 Å². The molecule has 0 atom stereocenters. The second-order valence-electron chi connectivity index (χ2n) is 1.80. The summed E-state index contributed by atoms with van der Waals surface area (Å²) in [6, 6.07) is 0. The molecule has 1 aliphatic carbocycles. The first kappa shape index (κ1) is 16.7. The first-order valence-corrected chi connectivity index (χ1v) is 6.06. The molecule has 0 fully saturated rings. The lowest BCUT2D eigenvalue weighted by Crippen LogP contribution is -1.53. The van der Waals surface area contributed by atoms with E-state index in [1.807, 2.05) is 0 Å². The van der Waals surface area contributed by atoms with Gasteiger partial charge in [0.15, 0.2) is 0 Å². The van der Waals surface area contributed by atoms with Crippen LogP contribution >= 0.6 is 24.8 Å². The molecule has 3 heteroatoms. The predicted molar refractivity (Wildman–Crippen MR) is 57.7 cm³/mol. The molecule has 0 nitrogen and oxygen atoms in total. The van der Waals surface area contributed by atoms with Crippen LogP contribution in [0.2, 0.25) is 13.1 Å². The van der Waals surface area contributed by atoms with E-state index in [0.29, 0.717) is 9.52 Å². The molecule has 10 heavy (non-hydrogen) atoms. The van der Waals surface area contributed by atoms with Crippen molar-refractivity contribution in [3.63, 3.8) is 0 Å². The molecule has 0 spiro atoms. The van der Waals surface area contributed by atoms with Gasteiger partial charge in [-0.1, -0.05) is 37.4 Å². The molecule has 0 aromatic heterocycles. The van der Waals surface area contributed by atoms with Gasteiger partial charge in [-0.15, -0.1) is 24.8 Å². The quantitative estimate of drug-likeness (QED) is 0.526. The van der Waals surface area contributed by atoms with Crippen LogP contribution in [0.5, 0.6) is 0 Å². The SMILES string of the molecule is C1=CCC=C1.C[SiH2]C.Cl.Cl. The number of hydrogen-bond acceptors (Lipinski definition) is 0. The fourth-order valence-electron chi connectivity index (χ4n) is 0.393. The average Bonchev–Trinajstić information content (AvgIpc) is 2.17. The van der Waals surface area contributed by atoms with Crippen LogP contribution in [0.15, 0.2) is 24.3 Å². The summed E-state index contributed by atoms with van der Waals surface area (Å²) >= 11 is 0. The van der Waals surface area contributed by atoms with Crippen LogP contribution < -0.4 is 0 Å². The summed E-state index contributed by atoms with van der Waals surface area (Å²) in [6.45, 7) is 4.53. The fourth-order valence-corrected chi connectivity index (χ4v) is 0.393. The van der Waals surface area contributed by atoms with E-state index in [1.165, 1.54) is 0 Å². The molecule has 0 amide bonds. The summed E-state index contributed by atoms with van der Waals surface area (Å²) in [6.07, 6.45) is 9.50. The molecule has 0 bridgehead atoms. The number of hydrogen-bond donors (Lipinski definition) is 0. The second kappa shape index (κ2) is 16.1. The molecule has 1 aliphatic rings. The maximum atomic E-state index is 2.26. The van der Waals surface area contributed by atoms with Gasteiger partial charge in [0.2, 0.25) is 0 Å². The zero-order valence-electron chi connectivity index (χ0n) is 6.54. The van der Waals surface area contributed by atoms with Gasteiger partial charge in [-0.25, -0.2) is 0 Å². The zero-order chi connectivity index (χ0) is 6.24. The molecule has 0 radical (unpaired) electrons. The molecule has 1 rings (SSSR count). The molecule has 0 heterocycles. The standard InChI is InChI=1S/C5H6.C2H8Si.2ClH/c1-2-4-5-3-1;1-3-2;;/h1-4H,5H2;3H2,1-2H3;2*1H. The van der Waals surface area contributed by atoms with Crippen molar-refractivity contribution in [3.05, 3.63) is 24.3 Å². The van der Waals surface area contributed by atoms with E-state index in [2.05, 4.69) is 37.4 Å². The maximum Gasteiger partial charge on any atom is 0.0135 e. The largest absolute Gasteiger partial charge is 0.147 e. The zero-order valence-corrected chi connectivity index (χ0v) is 9.59. The fraction of sp³-hybridized carbons (Fsp3) is 0.429. The lowest BCUT2D eigenvalue weighted by atomic mass is 10.5. The third-order valence-electron chi connectivity index (χ3n) is 0.655. The van der Waals surface area contributed by atoms with Gasteiger partial charge in [0, 0.05) is 9.52 Å². The smallest absolute Gasteiger partial charge is 0.0135 e. The van der Waals surface area contributed by atoms with Crippen molar-refractivity contribution < 1.29 is 0 Å². The molecule has 0 N–H and O–H groups in total. The van der Waals surface area contributed by atoms with E-state index < -0.39 is 0 Å². The Labute approximate surface area is 78.4 Å². The minimum atomic E-state index is 0. The Balaban J connectivity index is -0.0000000900. The van der Waals surface area contributed by atoms with Crippen molar-refractivity contribution in [2.75, 3.05) is 0 Å². The van der Waals surface area contributed by atoms with E-state index in [0.717, 1.165) is 6.42 Å². The van der Waals surface area contributed by atoms with Crippen molar-refractivity contribution >= 4 is 34.3 Å². The van der Waals surface area contributed by atoms with Gasteiger partial charge in [-0.2, -0.15) is 0 Å². The summed E-state index contributed by atoms with van der Waals surface area (Å²) in [5.41, 5.74) is 0. The topological polar surface area (TPSA) is 0 Å². The monoisotopic (exact) mass is 198 g/mol. The van der Waals surface area contributed by atoms with E-state index in [4.69, 9.17) is 0 Å². The molecule has 0 aliphatic heterocycles. The number of halogens is 2. The van der Waals surface area contributed by atoms with Crippen LogP contribution in [-0.4, -0.2) is 9.52 Å². The van der Waals surface area contributed by atoms with E-state index in [1.54, 1.807) is 0 Å². The van der Waals surface area contributed by atoms with Crippen LogP contribution in [0.1, 0.15) is 6.42 Å². The second-order valence-corrected chi connectivity index (χ2v) is 3.21. The third kappa shape index (κ3) is 15.7. The summed E-state index contributed by atoms with van der Waals surface area (Å²) in [5.74, 6) is 0. The van der Waals surface area contributed by atoms with Crippen molar-refractivity contribution in [1.29, 1.82) is 0 Å². The molecule has 0 aromatic rings. The van der Waals surface area contributed by atoms with Gasteiger partial charge < -0.3 is 0 Å². The lowest BCUT2D eigenvalue weighted by Gasteiger charge is -1.57. The van der Waals surface area contributed by atoms with Crippen molar-refractivity contribution in [2.45, 2.75) is 19.5 Å². The van der Waals surface area contributed by atoms with Crippen LogP contribution in [0.3, 0.4) is 0 Å². The highest BCUT2D eigenvalue weighted by molar-refractivity contribution is 6.31. The highest BCUT2D eigenvalue weighted by atomic mass is 35.5. The van der Waals surface area contributed by atoms with Crippen LogP contribution in [0, 0.1) is 0 Å². The molecular formula is C7H16Cl2Si. The van der Waals surface area contributed by atoms with Gasteiger partial charge in [0.05, 0.1) is 0 Å². The van der Waals surface area contributed by atoms with Gasteiger partial charge in [0.25, 0.3) is 0 Å². The molecule has 0 unspecified atom stereocenters. The first-order valence-electron chi connectivity index (χ1n) is 3.23. The Hall–Kier alpha value is 0.277. The third-order valence-corrected chi connectivity index (χ3v) is 0.655. The minimum Gasteiger partial charge on any atom is -0.147 e. The van der Waals surface area contributed by atoms with Crippen molar-refractivity contribution in [2.24, 2.45) is 0 Å². The van der Waals surface area contributed by atoms with Gasteiger partial charge in [-0.05, 0) is 6.42 Å². The molecule has 62 valence electrons. The summed E-state index contributed by atoms with van der Waals surface area (Å²) in [4.78, 5) is 0. The van der Waals surface area contributed by atoms with E-state index in [9.17, 15) is 0 Å². The summed E-state index contributed by atoms with van der Waals surface area (Å²) in [7, 11) is 0.417. The Kier molecular flexibility index (Phi) is 26.9. The highest BCUT2D eigenvalue weighted by Crippen LogP contribution is 1.93. The molecular weight excluding hydrogens is 183 g/mol. The summed E-state index contributed by atoms with van der Waals surface area (Å²) in [5, 5.41) is 0. The van der Waals surface area contributed by atoms with Crippen molar-refractivity contribution in [3.8, 4) is 0 Å². The number of allylic oxidation sites excluding steroid dienone is 4. The predicted octanol–water partition coefficient (Wildman–Crippen LogP) is 2.60.